The second-order valence-electron chi connectivity index (χ2n) is 21.8. The number of benzene rings is 2. The predicted octanol–water partition coefficient (Wildman–Crippen LogP) is 6.16. The molecule has 2 aromatic carbocycles. The van der Waals surface area contributed by atoms with E-state index < -0.39 is 116 Å². The fraction of sp³-hybridized carbons (Fsp3) is 0.509. The first kappa shape index (κ1) is 57.6. The van der Waals surface area contributed by atoms with Gasteiger partial charge in [0.25, 0.3) is 11.8 Å². The lowest BCUT2D eigenvalue weighted by atomic mass is 10.0. The lowest BCUT2D eigenvalue weighted by Gasteiger charge is -2.26. The van der Waals surface area contributed by atoms with Crippen LogP contribution in [0.5, 0.6) is 0 Å². The minimum atomic E-state index is -1.47. The Morgan fingerprint density at radius 3 is 1.77 bits per heavy atom. The fourth-order valence-electron chi connectivity index (χ4n) is 11.0. The van der Waals surface area contributed by atoms with Crippen molar-refractivity contribution in [3.8, 4) is 0 Å². The number of rotatable bonds is 15. The van der Waals surface area contributed by atoms with E-state index in [0.717, 1.165) is 52.2 Å². The summed E-state index contributed by atoms with van der Waals surface area (Å²) in [5.41, 5.74) is 0.614. The molecule has 0 spiro atoms. The summed E-state index contributed by atoms with van der Waals surface area (Å²) in [6, 6.07) is 3.43. The summed E-state index contributed by atoms with van der Waals surface area (Å²) in [5, 5.41) is 32.1. The number of carbonyl (C=O) groups is 4. The van der Waals surface area contributed by atoms with Crippen molar-refractivity contribution in [1.29, 1.82) is 0 Å². The molecule has 4 N–H and O–H groups in total. The summed E-state index contributed by atoms with van der Waals surface area (Å²) < 4.78 is 103. The summed E-state index contributed by atoms with van der Waals surface area (Å²) >= 11 is 0. The third-order valence-electron chi connectivity index (χ3n) is 15.1. The van der Waals surface area contributed by atoms with Crippen LogP contribution in [0.15, 0.2) is 54.0 Å². The molecule has 0 bridgehead atoms. The molecule has 2 aliphatic carbocycles. The number of nitrogens with one attached hydrogen (secondary N) is 2. The van der Waals surface area contributed by atoms with Gasteiger partial charge in [0, 0.05) is 38.6 Å². The van der Waals surface area contributed by atoms with E-state index in [1.165, 1.54) is 31.6 Å². The topological polar surface area (TPSA) is 249 Å². The van der Waals surface area contributed by atoms with E-state index in [1.54, 1.807) is 0 Å². The number of likely N-dealkylation sites (tertiary alicyclic amines) is 2. The van der Waals surface area contributed by atoms with E-state index in [4.69, 9.17) is 14.2 Å². The van der Waals surface area contributed by atoms with Crippen LogP contribution in [-0.2, 0) is 41.9 Å². The SMILES string of the molecule is COC(=O)[C@H]1C[C@@H](O)[C@H](Nc2ncnc3c2C(C(=O)N2C[C@@H](F)C[C@@H]2c2cc(F)ccc2F)=NC3)C1.COC(=O)[C@H]1C[C@@H](O)[C@H](Nc2ncnc3c2c(C(=O)N2C[C@@H](F)C[C@@H]2c2cc(F)ccc2F)nn3COCC[Si](C)(C)C)C1. The van der Waals surface area contributed by atoms with Gasteiger partial charge < -0.3 is 44.9 Å². The molecule has 4 fully saturated rings. The van der Waals surface area contributed by atoms with Crippen molar-refractivity contribution in [1.82, 2.24) is 39.5 Å². The zero-order valence-corrected chi connectivity index (χ0v) is 45.4. The predicted molar refractivity (Wildman–Crippen MR) is 278 cm³/mol. The molecule has 2 saturated carbocycles. The number of esters is 2. The fourth-order valence-corrected chi connectivity index (χ4v) is 11.8. The number of nitrogens with zero attached hydrogens (tertiary/aromatic N) is 9. The smallest absolute Gasteiger partial charge is 0.308 e. The van der Waals surface area contributed by atoms with Gasteiger partial charge in [-0.05, 0) is 68.1 Å². The Balaban J connectivity index is 0.000000197. The van der Waals surface area contributed by atoms with Gasteiger partial charge in [0.05, 0.1) is 98.7 Å². The highest BCUT2D eigenvalue weighted by Crippen LogP contribution is 2.40. The van der Waals surface area contributed by atoms with Crippen LogP contribution in [0.3, 0.4) is 0 Å². The average molecular weight is 1140 g/mol. The Hall–Kier alpha value is -7.10. The molecular weight excluding hydrogens is 1080 g/mol. The number of halogens is 6. The number of aliphatic imine (C=N–C) groups is 1. The number of methoxy groups -OCH3 is 2. The van der Waals surface area contributed by atoms with Crippen LogP contribution in [0, 0.1) is 35.1 Å². The van der Waals surface area contributed by atoms with Crippen molar-refractivity contribution in [3.05, 3.63) is 100 Å². The Morgan fingerprint density at radius 1 is 0.700 bits per heavy atom. The zero-order valence-electron chi connectivity index (χ0n) is 44.4. The van der Waals surface area contributed by atoms with E-state index >= 15 is 0 Å². The Kier molecular flexibility index (Phi) is 17.2. The number of fused-ring (bicyclic) bond motifs is 2. The third kappa shape index (κ3) is 12.3. The Labute approximate surface area is 456 Å². The Bertz CT molecular complexity index is 3190. The summed E-state index contributed by atoms with van der Waals surface area (Å²) in [4.78, 5) is 75.5. The lowest BCUT2D eigenvalue weighted by Crippen LogP contribution is -2.38. The lowest BCUT2D eigenvalue weighted by molar-refractivity contribution is -0.146. The molecule has 80 heavy (non-hydrogen) atoms. The van der Waals surface area contributed by atoms with Gasteiger partial charge in [-0.1, -0.05) is 19.6 Å². The van der Waals surface area contributed by atoms with Gasteiger partial charge in [-0.3, -0.25) is 24.2 Å². The number of alkyl halides is 2. The van der Waals surface area contributed by atoms with Crippen molar-refractivity contribution >= 4 is 60.2 Å². The monoisotopic (exact) mass is 1140 g/mol. The number of amides is 2. The maximum absolute atomic E-state index is 14.8. The van der Waals surface area contributed by atoms with Crippen molar-refractivity contribution in [3.63, 3.8) is 0 Å². The van der Waals surface area contributed by atoms with Gasteiger partial charge in [0.2, 0.25) is 0 Å². The van der Waals surface area contributed by atoms with Crippen LogP contribution in [0.2, 0.25) is 25.7 Å². The van der Waals surface area contributed by atoms with Crippen molar-refractivity contribution < 1.29 is 69.9 Å². The molecule has 5 aliphatic rings. The van der Waals surface area contributed by atoms with Gasteiger partial charge >= 0.3 is 11.9 Å². The minimum absolute atomic E-state index is 0.0268. The summed E-state index contributed by atoms with van der Waals surface area (Å²) in [6.45, 7) is 6.52. The highest BCUT2D eigenvalue weighted by Gasteiger charge is 2.45. The molecule has 3 aromatic heterocycles. The molecule has 27 heteroatoms. The van der Waals surface area contributed by atoms with E-state index in [2.05, 4.69) is 60.3 Å². The maximum Gasteiger partial charge on any atom is 0.308 e. The summed E-state index contributed by atoms with van der Waals surface area (Å²) in [6.07, 6.45) is -1.53. The van der Waals surface area contributed by atoms with Crippen molar-refractivity contribution in [2.45, 2.75) is 126 Å². The van der Waals surface area contributed by atoms with Crippen LogP contribution >= 0.6 is 0 Å². The molecule has 0 radical (unpaired) electrons. The van der Waals surface area contributed by atoms with E-state index in [0.29, 0.717) is 24.3 Å². The molecule has 428 valence electrons. The molecule has 6 heterocycles. The van der Waals surface area contributed by atoms with Crippen molar-refractivity contribution in [2.75, 3.05) is 44.5 Å². The first-order chi connectivity index (χ1) is 38.1. The zero-order chi connectivity index (χ0) is 57.3. The molecule has 20 nitrogen and oxygen atoms in total. The molecular formula is C53H61F6N11O9Si. The van der Waals surface area contributed by atoms with Crippen LogP contribution in [-0.4, -0.2) is 158 Å². The maximum atomic E-state index is 14.8. The highest BCUT2D eigenvalue weighted by atomic mass is 28.3. The van der Waals surface area contributed by atoms with Crippen LogP contribution in [0.25, 0.3) is 11.0 Å². The van der Waals surface area contributed by atoms with Crippen LogP contribution in [0.1, 0.15) is 83.5 Å². The average Bonchev–Trinajstić information content (AvgIpc) is 4.43. The van der Waals surface area contributed by atoms with Gasteiger partial charge in [0.1, 0.15) is 72.3 Å². The van der Waals surface area contributed by atoms with Crippen LogP contribution in [0.4, 0.5) is 38.0 Å². The number of aliphatic hydroxyl groups excluding tert-OH is 2. The largest absolute Gasteiger partial charge is 0.469 e. The van der Waals surface area contributed by atoms with E-state index in [9.17, 15) is 55.7 Å². The first-order valence-electron chi connectivity index (χ1n) is 26.2. The number of carbonyl (C=O) groups excluding carboxylic acids is 4. The second kappa shape index (κ2) is 23.9. The van der Waals surface area contributed by atoms with Gasteiger partial charge in [-0.15, -0.1) is 0 Å². The molecule has 10 atom stereocenters. The number of anilines is 2. The standard InChI is InChI=1S/C29H37F3N6O5Si.C24H24F3N5O4/c1-42-29(41)16-9-21(23(39)10-16)35-26-24-25(36-38(27(24)34-14-33-26)15-43-7-8-44(2,3)4)28(40)37-13-18(31)12-22(37)19-11-17(30)5-6-20(19)32;1-36-24(35)11-4-16(19(33)5-11)31-22-20-17(29-10-30-22)8-28-21(20)23(34)32-9-13(26)7-18(32)14-6-12(25)2-3-15(14)27/h5-6,11,14,16,18,21-23,39H,7-10,12-13,15H2,1-4H3,(H,33,34,35);2-3,6,10-11,13,16,18-19,33H,4-5,7-9H2,1H3,(H,29,30,31)/t16-,18+,21-,22-,23-;11-,13+,16-,18-,19-/m11/s1. The minimum Gasteiger partial charge on any atom is -0.469 e. The number of ether oxygens (including phenoxy) is 3. The highest BCUT2D eigenvalue weighted by molar-refractivity contribution is 6.76. The number of hydrogen-bond donors (Lipinski definition) is 4. The number of aliphatic hydroxyl groups is 2. The molecule has 5 aromatic rings. The molecule has 3 aliphatic heterocycles. The molecule has 0 unspecified atom stereocenters. The van der Waals surface area contributed by atoms with Crippen LogP contribution < -0.4 is 10.6 Å². The normalized spacial score (nSPS) is 25.3. The molecule has 2 saturated heterocycles. The summed E-state index contributed by atoms with van der Waals surface area (Å²) in [7, 11) is 1.18. The second-order valence-corrected chi connectivity index (χ2v) is 27.4. The third-order valence-corrected chi connectivity index (χ3v) is 16.8. The van der Waals surface area contributed by atoms with Crippen molar-refractivity contribution in [2.24, 2.45) is 16.8 Å². The number of hydrogen-bond acceptors (Lipinski definition) is 17. The molecule has 10 rings (SSSR count). The van der Waals surface area contributed by atoms with E-state index in [1.807, 2.05) is 0 Å². The summed E-state index contributed by atoms with van der Waals surface area (Å²) in [5.74, 6) is -5.72. The molecule has 2 amide bonds. The first-order valence-corrected chi connectivity index (χ1v) is 29.9. The quantitative estimate of drug-likeness (QED) is 0.0397. The van der Waals surface area contributed by atoms with Gasteiger partial charge in [-0.25, -0.2) is 51.0 Å². The van der Waals surface area contributed by atoms with Gasteiger partial charge in [-0.2, -0.15) is 5.10 Å². The van der Waals surface area contributed by atoms with E-state index in [-0.39, 0.29) is 104 Å². The van der Waals surface area contributed by atoms with Gasteiger partial charge in [0.15, 0.2) is 11.3 Å². The number of aromatic nitrogens is 6. The Morgan fingerprint density at radius 2 is 1.23 bits per heavy atom.